The quantitative estimate of drug-likeness (QED) is 0.871. The van der Waals surface area contributed by atoms with Gasteiger partial charge in [0.1, 0.15) is 0 Å². The Labute approximate surface area is 120 Å². The highest BCUT2D eigenvalue weighted by atomic mass is 35.5. The van der Waals surface area contributed by atoms with E-state index in [1.807, 2.05) is 6.07 Å². The van der Waals surface area contributed by atoms with Crippen molar-refractivity contribution in [3.05, 3.63) is 34.3 Å². The number of nitrogens with one attached hydrogen (secondary N) is 1. The number of rotatable bonds is 6. The van der Waals surface area contributed by atoms with E-state index in [1.165, 1.54) is 11.1 Å². The molecular formula is C15H22ClNO2. The fraction of sp³-hybridized carbons (Fsp3) is 0.600. The molecule has 3 nitrogen and oxygen atoms in total. The van der Waals surface area contributed by atoms with E-state index in [9.17, 15) is 0 Å². The highest BCUT2D eigenvalue weighted by Gasteiger charge is 2.21. The maximum absolute atomic E-state index is 6.30. The fourth-order valence-corrected chi connectivity index (χ4v) is 2.70. The summed E-state index contributed by atoms with van der Waals surface area (Å²) in [5.41, 5.74) is 2.37. The van der Waals surface area contributed by atoms with E-state index >= 15 is 0 Å². The molecule has 2 rings (SSSR count). The van der Waals surface area contributed by atoms with E-state index in [-0.39, 0.29) is 6.29 Å². The van der Waals surface area contributed by atoms with Crippen LogP contribution in [0.5, 0.6) is 0 Å². The molecule has 1 atom stereocenters. The van der Waals surface area contributed by atoms with E-state index in [1.54, 1.807) is 0 Å². The van der Waals surface area contributed by atoms with Gasteiger partial charge in [0, 0.05) is 17.5 Å². The van der Waals surface area contributed by atoms with Crippen LogP contribution in [0.15, 0.2) is 18.2 Å². The largest absolute Gasteiger partial charge is 0.350 e. The standard InChI is InChI=1S/C15H22ClNO2/c1-3-17-13(10-15-18-6-7-19-15)9-12-5-4-11(2)8-14(12)16/h4-5,8,13,15,17H,3,6-7,9-10H2,1-2H3. The number of hydrogen-bond acceptors (Lipinski definition) is 3. The Kier molecular flexibility index (Phi) is 5.64. The molecule has 0 aromatic heterocycles. The maximum atomic E-state index is 6.30. The summed E-state index contributed by atoms with van der Waals surface area (Å²) in [4.78, 5) is 0. The van der Waals surface area contributed by atoms with E-state index < -0.39 is 0 Å². The lowest BCUT2D eigenvalue weighted by atomic mass is 10.0. The summed E-state index contributed by atoms with van der Waals surface area (Å²) < 4.78 is 11.0. The van der Waals surface area contributed by atoms with Crippen molar-refractivity contribution in [1.29, 1.82) is 0 Å². The molecule has 1 heterocycles. The summed E-state index contributed by atoms with van der Waals surface area (Å²) in [6.45, 7) is 6.50. The molecule has 1 saturated heterocycles. The topological polar surface area (TPSA) is 30.5 Å². The van der Waals surface area contributed by atoms with Crippen molar-refractivity contribution in [1.82, 2.24) is 5.32 Å². The Hall–Kier alpha value is -0.610. The Balaban J connectivity index is 1.98. The van der Waals surface area contributed by atoms with E-state index in [2.05, 4.69) is 31.3 Å². The minimum absolute atomic E-state index is 0.0757. The molecule has 1 aliphatic heterocycles. The average Bonchev–Trinajstić information content (AvgIpc) is 2.86. The van der Waals surface area contributed by atoms with Crippen molar-refractivity contribution in [2.75, 3.05) is 19.8 Å². The summed E-state index contributed by atoms with van der Waals surface area (Å²) in [6, 6.07) is 6.56. The van der Waals surface area contributed by atoms with Crippen LogP contribution in [0.25, 0.3) is 0 Å². The Bertz CT molecular complexity index is 405. The van der Waals surface area contributed by atoms with Crippen molar-refractivity contribution in [3.63, 3.8) is 0 Å². The van der Waals surface area contributed by atoms with Crippen molar-refractivity contribution in [2.45, 2.75) is 39.0 Å². The first-order valence-electron chi connectivity index (χ1n) is 6.90. The zero-order valence-electron chi connectivity index (χ0n) is 11.6. The van der Waals surface area contributed by atoms with Gasteiger partial charge >= 0.3 is 0 Å². The van der Waals surface area contributed by atoms with E-state index in [0.29, 0.717) is 19.3 Å². The smallest absolute Gasteiger partial charge is 0.159 e. The number of ether oxygens (including phenoxy) is 2. The monoisotopic (exact) mass is 283 g/mol. The SMILES string of the molecule is CCNC(Cc1ccc(C)cc1Cl)CC1OCCO1. The minimum atomic E-state index is -0.0757. The van der Waals surface area contributed by atoms with Gasteiger partial charge in [-0.15, -0.1) is 0 Å². The van der Waals surface area contributed by atoms with Crippen LogP contribution in [0, 0.1) is 6.92 Å². The number of hydrogen-bond donors (Lipinski definition) is 1. The number of likely N-dealkylation sites (N-methyl/N-ethyl adjacent to an activating group) is 1. The summed E-state index contributed by atoms with van der Waals surface area (Å²) in [7, 11) is 0. The first-order valence-corrected chi connectivity index (χ1v) is 7.28. The lowest BCUT2D eigenvalue weighted by molar-refractivity contribution is -0.0525. The predicted octanol–water partition coefficient (Wildman–Crippen LogP) is 2.93. The molecule has 1 aromatic carbocycles. The molecular weight excluding hydrogens is 262 g/mol. The third kappa shape index (κ3) is 4.46. The van der Waals surface area contributed by atoms with Gasteiger partial charge < -0.3 is 14.8 Å². The van der Waals surface area contributed by atoms with Gasteiger partial charge in [-0.3, -0.25) is 0 Å². The molecule has 1 aromatic rings. The molecule has 0 bridgehead atoms. The second kappa shape index (κ2) is 7.25. The second-order valence-corrected chi connectivity index (χ2v) is 5.37. The van der Waals surface area contributed by atoms with Crippen LogP contribution < -0.4 is 5.32 Å². The van der Waals surface area contributed by atoms with Crippen LogP contribution >= 0.6 is 11.6 Å². The van der Waals surface area contributed by atoms with Crippen molar-refractivity contribution in [3.8, 4) is 0 Å². The van der Waals surface area contributed by atoms with Crippen LogP contribution in [-0.4, -0.2) is 32.1 Å². The highest BCUT2D eigenvalue weighted by molar-refractivity contribution is 6.31. The molecule has 0 saturated carbocycles. The number of aryl methyl sites for hydroxylation is 1. The van der Waals surface area contributed by atoms with Gasteiger partial charge in [0.25, 0.3) is 0 Å². The van der Waals surface area contributed by atoms with Crippen molar-refractivity contribution in [2.24, 2.45) is 0 Å². The maximum Gasteiger partial charge on any atom is 0.159 e. The average molecular weight is 284 g/mol. The van der Waals surface area contributed by atoms with Gasteiger partial charge in [0.15, 0.2) is 6.29 Å². The van der Waals surface area contributed by atoms with Gasteiger partial charge in [0.05, 0.1) is 13.2 Å². The molecule has 4 heteroatoms. The van der Waals surface area contributed by atoms with Crippen LogP contribution in [0.1, 0.15) is 24.5 Å². The lowest BCUT2D eigenvalue weighted by Gasteiger charge is -2.21. The minimum Gasteiger partial charge on any atom is -0.350 e. The van der Waals surface area contributed by atoms with Gasteiger partial charge in [-0.25, -0.2) is 0 Å². The molecule has 0 radical (unpaired) electrons. The first-order chi connectivity index (χ1) is 9.19. The van der Waals surface area contributed by atoms with Gasteiger partial charge in [-0.05, 0) is 37.1 Å². The molecule has 0 spiro atoms. The molecule has 0 amide bonds. The molecule has 1 unspecified atom stereocenters. The normalized spacial score (nSPS) is 17.8. The molecule has 106 valence electrons. The summed E-state index contributed by atoms with van der Waals surface area (Å²) in [6.07, 6.45) is 1.68. The van der Waals surface area contributed by atoms with Gasteiger partial charge in [-0.2, -0.15) is 0 Å². The van der Waals surface area contributed by atoms with Crippen LogP contribution in [0.3, 0.4) is 0 Å². The summed E-state index contributed by atoms with van der Waals surface area (Å²) in [5.74, 6) is 0. The fourth-order valence-electron chi connectivity index (χ4n) is 2.39. The Morgan fingerprint density at radius 3 is 2.74 bits per heavy atom. The van der Waals surface area contributed by atoms with Crippen LogP contribution in [-0.2, 0) is 15.9 Å². The summed E-state index contributed by atoms with van der Waals surface area (Å²) in [5, 5.41) is 4.32. The third-order valence-corrected chi connectivity index (χ3v) is 3.69. The molecule has 1 aliphatic rings. The van der Waals surface area contributed by atoms with Crippen molar-refractivity contribution < 1.29 is 9.47 Å². The van der Waals surface area contributed by atoms with Crippen LogP contribution in [0.4, 0.5) is 0 Å². The number of benzene rings is 1. The third-order valence-electron chi connectivity index (χ3n) is 3.34. The Morgan fingerprint density at radius 1 is 1.37 bits per heavy atom. The predicted molar refractivity (Wildman–Crippen MR) is 77.7 cm³/mol. The van der Waals surface area contributed by atoms with E-state index in [0.717, 1.165) is 24.4 Å². The van der Waals surface area contributed by atoms with Gasteiger partial charge in [0.2, 0.25) is 0 Å². The first kappa shape index (κ1) is 14.8. The summed E-state index contributed by atoms with van der Waals surface area (Å²) >= 11 is 6.30. The highest BCUT2D eigenvalue weighted by Crippen LogP contribution is 2.21. The molecule has 1 fully saturated rings. The van der Waals surface area contributed by atoms with E-state index in [4.69, 9.17) is 21.1 Å². The van der Waals surface area contributed by atoms with Gasteiger partial charge in [-0.1, -0.05) is 30.7 Å². The van der Waals surface area contributed by atoms with Crippen LogP contribution in [0.2, 0.25) is 5.02 Å². The second-order valence-electron chi connectivity index (χ2n) is 4.96. The molecule has 0 aliphatic carbocycles. The molecule has 19 heavy (non-hydrogen) atoms. The number of halogens is 1. The zero-order chi connectivity index (χ0) is 13.7. The zero-order valence-corrected chi connectivity index (χ0v) is 12.4. The lowest BCUT2D eigenvalue weighted by Crippen LogP contribution is -2.34. The van der Waals surface area contributed by atoms with Crippen molar-refractivity contribution >= 4 is 11.6 Å². The molecule has 1 N–H and O–H groups in total. The Morgan fingerprint density at radius 2 is 2.11 bits per heavy atom.